The van der Waals surface area contributed by atoms with E-state index in [1.165, 1.54) is 7.11 Å². The molecule has 0 aliphatic carbocycles. The van der Waals surface area contributed by atoms with Crippen LogP contribution in [0.1, 0.15) is 30.4 Å². The van der Waals surface area contributed by atoms with Gasteiger partial charge in [0.15, 0.2) is 17.2 Å². The molecule has 0 saturated heterocycles. The highest BCUT2D eigenvalue weighted by Gasteiger charge is 2.26. The minimum Gasteiger partial charge on any atom is -0.479 e. The molecule has 1 heterocycles. The Morgan fingerprint density at radius 2 is 1.75 bits per heavy atom. The molecule has 1 aromatic heterocycles. The van der Waals surface area contributed by atoms with Crippen LogP contribution in [-0.4, -0.2) is 38.4 Å². The van der Waals surface area contributed by atoms with Crippen LogP contribution in [0.2, 0.25) is 0 Å². The molecule has 0 aromatic carbocycles. The fraction of sp³-hybridized carbons (Fsp3) is 0.500. The Morgan fingerprint density at radius 3 is 2.29 bits per heavy atom. The van der Waals surface area contributed by atoms with Crippen LogP contribution < -0.4 is 4.74 Å². The van der Waals surface area contributed by atoms with E-state index in [4.69, 9.17) is 14.2 Å². The van der Waals surface area contributed by atoms with Gasteiger partial charge in [-0.25, -0.2) is 9.59 Å². The maximum atomic E-state index is 12.1. The summed E-state index contributed by atoms with van der Waals surface area (Å²) in [7, 11) is 1.23. The molecule has 0 aliphatic rings. The molecule has 0 spiro atoms. The molecule has 0 atom stereocenters. The molecule has 0 saturated carbocycles. The highest BCUT2D eigenvalue weighted by molar-refractivity contribution is 9.13. The summed E-state index contributed by atoms with van der Waals surface area (Å²) in [5.41, 5.74) is -0.698. The van der Waals surface area contributed by atoms with Gasteiger partial charge in [0.05, 0.1) is 20.8 Å². The van der Waals surface area contributed by atoms with Crippen LogP contribution in [0.4, 0.5) is 0 Å². The number of methoxy groups -OCH3 is 1. The predicted octanol–water partition coefficient (Wildman–Crippen LogP) is 3.53. The van der Waals surface area contributed by atoms with E-state index >= 15 is 0 Å². The second-order valence-electron chi connectivity index (χ2n) is 5.44. The summed E-state index contributed by atoms with van der Waals surface area (Å²) >= 11 is 7.56. The van der Waals surface area contributed by atoms with Crippen molar-refractivity contribution >= 4 is 61.1 Å². The third kappa shape index (κ3) is 5.75. The Morgan fingerprint density at radius 1 is 1.12 bits per heavy atom. The largest absolute Gasteiger partial charge is 0.479 e. The third-order valence-electron chi connectivity index (χ3n) is 2.51. The van der Waals surface area contributed by atoms with Crippen molar-refractivity contribution in [2.75, 3.05) is 20.5 Å². The quantitative estimate of drug-likeness (QED) is 0.448. The first kappa shape index (κ1) is 20.9. The van der Waals surface area contributed by atoms with Gasteiger partial charge in [0.25, 0.3) is 0 Å². The number of hydrogen-bond donors (Lipinski definition) is 0. The first-order chi connectivity index (χ1) is 11.1. The predicted molar refractivity (Wildman–Crippen MR) is 93.1 cm³/mol. The molecule has 1 aromatic rings. The average molecular weight is 488 g/mol. The fourth-order valence-electron chi connectivity index (χ4n) is 1.24. The molecule has 0 fully saturated rings. The second kappa shape index (κ2) is 8.82. The zero-order valence-electron chi connectivity index (χ0n) is 13.4. The van der Waals surface area contributed by atoms with Crippen molar-refractivity contribution in [3.63, 3.8) is 0 Å². The van der Waals surface area contributed by atoms with Crippen LogP contribution in [0.5, 0.6) is 5.75 Å². The fourth-order valence-corrected chi connectivity index (χ4v) is 3.35. The zero-order valence-corrected chi connectivity index (χ0v) is 17.4. The minimum absolute atomic E-state index is 0.115. The SMILES string of the molecule is COC(=O)COc1c(C(=O)OCOC(=O)C(C)(C)C)sc(Br)c1Br. The highest BCUT2D eigenvalue weighted by Crippen LogP contribution is 2.43. The topological polar surface area (TPSA) is 88.1 Å². The zero-order chi connectivity index (χ0) is 18.5. The lowest BCUT2D eigenvalue weighted by molar-refractivity contribution is -0.161. The Kier molecular flexibility index (Phi) is 7.68. The number of ether oxygens (including phenoxy) is 4. The normalized spacial score (nSPS) is 10.9. The van der Waals surface area contributed by atoms with Gasteiger partial charge in [-0.2, -0.15) is 0 Å². The summed E-state index contributed by atoms with van der Waals surface area (Å²) in [6.07, 6.45) is 0. The second-order valence-corrected chi connectivity index (χ2v) is 8.58. The number of carbonyl (C=O) groups is 3. The van der Waals surface area contributed by atoms with Crippen molar-refractivity contribution < 1.29 is 33.3 Å². The van der Waals surface area contributed by atoms with E-state index in [2.05, 4.69) is 36.6 Å². The molecule has 0 amide bonds. The van der Waals surface area contributed by atoms with E-state index in [0.29, 0.717) is 8.26 Å². The van der Waals surface area contributed by atoms with Crippen LogP contribution in [-0.2, 0) is 23.8 Å². The monoisotopic (exact) mass is 486 g/mol. The Labute approximate surface area is 159 Å². The van der Waals surface area contributed by atoms with Crippen LogP contribution in [0.3, 0.4) is 0 Å². The van der Waals surface area contributed by atoms with Crippen LogP contribution >= 0.6 is 43.2 Å². The van der Waals surface area contributed by atoms with Crippen LogP contribution in [0.15, 0.2) is 8.26 Å². The number of esters is 3. The highest BCUT2D eigenvalue weighted by atomic mass is 79.9. The van der Waals surface area contributed by atoms with E-state index in [1.807, 2.05) is 0 Å². The van der Waals surface area contributed by atoms with Crippen molar-refractivity contribution in [3.8, 4) is 5.75 Å². The van der Waals surface area contributed by atoms with Gasteiger partial charge in [-0.3, -0.25) is 4.79 Å². The van der Waals surface area contributed by atoms with Crippen LogP contribution in [0.25, 0.3) is 0 Å². The van der Waals surface area contributed by atoms with Gasteiger partial charge < -0.3 is 18.9 Å². The van der Waals surface area contributed by atoms with Crippen molar-refractivity contribution in [3.05, 3.63) is 13.1 Å². The molecule has 10 heteroatoms. The Bertz CT molecular complexity index is 634. The van der Waals surface area contributed by atoms with Gasteiger partial charge in [-0.05, 0) is 52.6 Å². The lowest BCUT2D eigenvalue weighted by Crippen LogP contribution is -2.24. The Hall–Kier alpha value is -1.13. The minimum atomic E-state index is -0.743. The number of hydrogen-bond acceptors (Lipinski definition) is 8. The molecule has 7 nitrogen and oxygen atoms in total. The molecule has 24 heavy (non-hydrogen) atoms. The molecule has 0 N–H and O–H groups in total. The average Bonchev–Trinajstić information content (AvgIpc) is 2.79. The molecule has 1 rings (SSSR count). The third-order valence-corrected chi connectivity index (χ3v) is 5.88. The van der Waals surface area contributed by atoms with Crippen molar-refractivity contribution in [2.24, 2.45) is 5.41 Å². The molecule has 0 unspecified atom stereocenters. The van der Waals surface area contributed by atoms with E-state index in [-0.39, 0.29) is 17.2 Å². The molecule has 0 aliphatic heterocycles. The van der Waals surface area contributed by atoms with E-state index in [1.54, 1.807) is 20.8 Å². The first-order valence-corrected chi connectivity index (χ1v) is 9.00. The summed E-state index contributed by atoms with van der Waals surface area (Å²) in [4.78, 5) is 35.0. The number of thiophene rings is 1. The molecule has 0 radical (unpaired) electrons. The summed E-state index contributed by atoms with van der Waals surface area (Å²) in [5, 5.41) is 0. The van der Waals surface area contributed by atoms with Crippen molar-refractivity contribution in [1.82, 2.24) is 0 Å². The van der Waals surface area contributed by atoms with E-state index in [0.717, 1.165) is 11.3 Å². The molecular formula is C14H16Br2O7S. The summed E-state index contributed by atoms with van der Waals surface area (Å²) in [6.45, 7) is 4.17. The van der Waals surface area contributed by atoms with Gasteiger partial charge in [0, 0.05) is 0 Å². The van der Waals surface area contributed by atoms with E-state index < -0.39 is 30.1 Å². The standard InChI is InChI=1S/C14H16Br2O7S/c1-14(2,3)13(19)23-6-22-12(18)10-9(8(15)11(16)24-10)21-5-7(17)20-4/h5-6H2,1-4H3. The lowest BCUT2D eigenvalue weighted by atomic mass is 9.98. The number of halogens is 2. The molecular weight excluding hydrogens is 472 g/mol. The van der Waals surface area contributed by atoms with Gasteiger partial charge in [0.2, 0.25) is 6.79 Å². The molecule has 134 valence electrons. The van der Waals surface area contributed by atoms with Crippen LogP contribution in [0, 0.1) is 5.41 Å². The Balaban J connectivity index is 2.75. The summed E-state index contributed by atoms with van der Waals surface area (Å²) in [6, 6.07) is 0. The lowest BCUT2D eigenvalue weighted by Gasteiger charge is -2.16. The van der Waals surface area contributed by atoms with Crippen molar-refractivity contribution in [2.45, 2.75) is 20.8 Å². The number of rotatable bonds is 6. The van der Waals surface area contributed by atoms with E-state index in [9.17, 15) is 14.4 Å². The maximum Gasteiger partial charge on any atom is 0.355 e. The van der Waals surface area contributed by atoms with Gasteiger partial charge in [0.1, 0.15) is 0 Å². The summed E-state index contributed by atoms with van der Waals surface area (Å²) in [5.74, 6) is -1.69. The molecule has 0 bridgehead atoms. The maximum absolute atomic E-state index is 12.1. The van der Waals surface area contributed by atoms with Gasteiger partial charge >= 0.3 is 17.9 Å². The first-order valence-electron chi connectivity index (χ1n) is 6.59. The number of carbonyl (C=O) groups excluding carboxylic acids is 3. The summed E-state index contributed by atoms with van der Waals surface area (Å²) < 4.78 is 20.6. The van der Waals surface area contributed by atoms with Crippen molar-refractivity contribution in [1.29, 1.82) is 0 Å². The van der Waals surface area contributed by atoms with Gasteiger partial charge in [-0.1, -0.05) is 0 Å². The van der Waals surface area contributed by atoms with Gasteiger partial charge in [-0.15, -0.1) is 11.3 Å². The smallest absolute Gasteiger partial charge is 0.355 e.